The third kappa shape index (κ3) is 2.33. The SMILES string of the molecule is O=C(CNC1CC2CCC1C2)c1cnc2c(c1Cl)C=CC2. The highest BCUT2D eigenvalue weighted by molar-refractivity contribution is 6.35. The van der Waals surface area contributed by atoms with E-state index < -0.39 is 0 Å². The van der Waals surface area contributed by atoms with Crippen LogP contribution in [0.1, 0.15) is 47.3 Å². The highest BCUT2D eigenvalue weighted by Crippen LogP contribution is 2.44. The summed E-state index contributed by atoms with van der Waals surface area (Å²) in [5.41, 5.74) is 2.44. The van der Waals surface area contributed by atoms with Crippen LogP contribution in [0.4, 0.5) is 0 Å². The van der Waals surface area contributed by atoms with Gasteiger partial charge in [0.15, 0.2) is 5.78 Å². The first-order valence-corrected chi connectivity index (χ1v) is 8.20. The van der Waals surface area contributed by atoms with Gasteiger partial charge in [-0.15, -0.1) is 0 Å². The molecule has 3 aliphatic carbocycles. The van der Waals surface area contributed by atoms with Crippen molar-refractivity contribution in [3.63, 3.8) is 0 Å². The standard InChI is InChI=1S/C17H19ClN2O/c18-17-12-2-1-3-14(12)19-8-13(17)16(21)9-20-15-7-10-4-5-11(15)6-10/h1-2,8,10-11,15,20H,3-7,9H2. The highest BCUT2D eigenvalue weighted by atomic mass is 35.5. The smallest absolute Gasteiger partial charge is 0.179 e. The van der Waals surface area contributed by atoms with E-state index in [0.29, 0.717) is 23.2 Å². The van der Waals surface area contributed by atoms with Crippen LogP contribution in [-0.2, 0) is 6.42 Å². The fourth-order valence-corrected chi connectivity index (χ4v) is 4.50. The van der Waals surface area contributed by atoms with E-state index in [0.717, 1.165) is 29.5 Å². The lowest BCUT2D eigenvalue weighted by Gasteiger charge is -2.22. The van der Waals surface area contributed by atoms with Crippen molar-refractivity contribution >= 4 is 23.5 Å². The van der Waals surface area contributed by atoms with Crippen LogP contribution in [0.3, 0.4) is 0 Å². The third-order valence-electron chi connectivity index (χ3n) is 5.29. The molecule has 0 amide bonds. The molecule has 0 radical (unpaired) electrons. The molecule has 1 aromatic rings. The molecular weight excluding hydrogens is 284 g/mol. The molecule has 3 atom stereocenters. The van der Waals surface area contributed by atoms with E-state index in [4.69, 9.17) is 11.6 Å². The van der Waals surface area contributed by atoms with Gasteiger partial charge in [-0.1, -0.05) is 30.2 Å². The van der Waals surface area contributed by atoms with Crippen LogP contribution in [0, 0.1) is 11.8 Å². The Labute approximate surface area is 129 Å². The number of pyridine rings is 1. The maximum Gasteiger partial charge on any atom is 0.179 e. The quantitative estimate of drug-likeness (QED) is 0.868. The predicted molar refractivity (Wildman–Crippen MR) is 83.6 cm³/mol. The second-order valence-electron chi connectivity index (χ2n) is 6.54. The fourth-order valence-electron chi connectivity index (χ4n) is 4.17. The molecule has 1 heterocycles. The molecule has 3 aliphatic rings. The normalized spacial score (nSPS) is 29.1. The van der Waals surface area contributed by atoms with Gasteiger partial charge < -0.3 is 5.32 Å². The van der Waals surface area contributed by atoms with Gasteiger partial charge in [-0.25, -0.2) is 0 Å². The van der Waals surface area contributed by atoms with Crippen molar-refractivity contribution in [2.75, 3.05) is 6.54 Å². The number of halogens is 1. The van der Waals surface area contributed by atoms with E-state index in [-0.39, 0.29) is 5.78 Å². The zero-order valence-electron chi connectivity index (χ0n) is 11.9. The second kappa shape index (κ2) is 5.22. The van der Waals surface area contributed by atoms with Crippen molar-refractivity contribution in [1.29, 1.82) is 0 Å². The van der Waals surface area contributed by atoms with Gasteiger partial charge in [-0.3, -0.25) is 9.78 Å². The molecule has 0 aromatic carbocycles. The molecule has 1 aromatic heterocycles. The molecule has 3 nitrogen and oxygen atoms in total. The molecule has 0 spiro atoms. The number of hydrogen-bond acceptors (Lipinski definition) is 3. The minimum absolute atomic E-state index is 0.0540. The van der Waals surface area contributed by atoms with Crippen molar-refractivity contribution in [3.05, 3.63) is 34.1 Å². The molecule has 2 fully saturated rings. The summed E-state index contributed by atoms with van der Waals surface area (Å²) in [4.78, 5) is 16.8. The van der Waals surface area contributed by atoms with Crippen LogP contribution < -0.4 is 5.32 Å². The topological polar surface area (TPSA) is 42.0 Å². The molecule has 2 saturated carbocycles. The van der Waals surface area contributed by atoms with Crippen LogP contribution in [0.5, 0.6) is 0 Å². The number of ketones is 1. The number of nitrogens with zero attached hydrogens (tertiary/aromatic N) is 1. The molecule has 2 bridgehead atoms. The van der Waals surface area contributed by atoms with E-state index in [1.807, 2.05) is 12.2 Å². The Hall–Kier alpha value is -1.19. The van der Waals surface area contributed by atoms with E-state index in [1.165, 1.54) is 25.7 Å². The summed E-state index contributed by atoms with van der Waals surface area (Å²) in [5.74, 6) is 1.72. The molecule has 0 saturated heterocycles. The zero-order chi connectivity index (χ0) is 14.4. The number of Topliss-reactive ketones (excluding diaryl/α,β-unsaturated/α-hetero) is 1. The summed E-state index contributed by atoms with van der Waals surface area (Å²) in [6.07, 6.45) is 11.7. The first-order valence-electron chi connectivity index (χ1n) is 7.83. The average Bonchev–Trinajstić information content (AvgIpc) is 3.20. The molecule has 4 rings (SSSR count). The van der Waals surface area contributed by atoms with Gasteiger partial charge in [0.25, 0.3) is 0 Å². The van der Waals surface area contributed by atoms with Crippen molar-refractivity contribution in [2.24, 2.45) is 11.8 Å². The van der Waals surface area contributed by atoms with E-state index in [9.17, 15) is 4.79 Å². The maximum absolute atomic E-state index is 12.4. The number of allylic oxidation sites excluding steroid dienone is 1. The monoisotopic (exact) mass is 302 g/mol. The van der Waals surface area contributed by atoms with E-state index >= 15 is 0 Å². The van der Waals surface area contributed by atoms with Gasteiger partial charge in [-0.2, -0.15) is 0 Å². The van der Waals surface area contributed by atoms with Crippen LogP contribution in [-0.4, -0.2) is 23.4 Å². The Morgan fingerprint density at radius 1 is 1.38 bits per heavy atom. The summed E-state index contributed by atoms with van der Waals surface area (Å²) in [5, 5.41) is 4.02. The van der Waals surface area contributed by atoms with Gasteiger partial charge in [0.2, 0.25) is 0 Å². The minimum Gasteiger partial charge on any atom is -0.307 e. The van der Waals surface area contributed by atoms with Crippen LogP contribution in [0.15, 0.2) is 12.3 Å². The average molecular weight is 303 g/mol. The van der Waals surface area contributed by atoms with Crippen molar-refractivity contribution in [3.8, 4) is 0 Å². The number of carbonyl (C=O) groups is 1. The predicted octanol–water partition coefficient (Wildman–Crippen LogP) is 3.27. The Kier molecular flexibility index (Phi) is 3.35. The van der Waals surface area contributed by atoms with Crippen molar-refractivity contribution in [2.45, 2.75) is 38.1 Å². The Morgan fingerprint density at radius 3 is 3.05 bits per heavy atom. The van der Waals surface area contributed by atoms with Gasteiger partial charge in [-0.05, 0) is 31.1 Å². The first-order chi connectivity index (χ1) is 10.2. The molecule has 3 unspecified atom stereocenters. The summed E-state index contributed by atoms with van der Waals surface area (Å²) in [6.45, 7) is 0.373. The number of hydrogen-bond donors (Lipinski definition) is 1. The van der Waals surface area contributed by atoms with Crippen LogP contribution in [0.2, 0.25) is 5.02 Å². The fraction of sp³-hybridized carbons (Fsp3) is 0.529. The summed E-state index contributed by atoms with van der Waals surface area (Å²) in [6, 6.07) is 0.522. The Morgan fingerprint density at radius 2 is 2.29 bits per heavy atom. The first kappa shape index (κ1) is 13.5. The lowest BCUT2D eigenvalue weighted by Crippen LogP contribution is -2.37. The third-order valence-corrected chi connectivity index (χ3v) is 5.70. The van der Waals surface area contributed by atoms with Crippen molar-refractivity contribution in [1.82, 2.24) is 10.3 Å². The number of aromatic nitrogens is 1. The summed E-state index contributed by atoms with van der Waals surface area (Å²) < 4.78 is 0. The number of carbonyl (C=O) groups excluding carboxylic acids is 1. The number of fused-ring (bicyclic) bond motifs is 3. The maximum atomic E-state index is 12.4. The second-order valence-corrected chi connectivity index (χ2v) is 6.92. The number of rotatable bonds is 4. The lowest BCUT2D eigenvalue weighted by atomic mass is 9.95. The van der Waals surface area contributed by atoms with E-state index in [2.05, 4.69) is 10.3 Å². The van der Waals surface area contributed by atoms with Crippen LogP contribution in [0.25, 0.3) is 6.08 Å². The molecule has 21 heavy (non-hydrogen) atoms. The lowest BCUT2D eigenvalue weighted by molar-refractivity contribution is 0.0983. The van der Waals surface area contributed by atoms with Crippen molar-refractivity contribution < 1.29 is 4.79 Å². The molecule has 1 N–H and O–H groups in total. The minimum atomic E-state index is 0.0540. The summed E-state index contributed by atoms with van der Waals surface area (Å²) >= 11 is 6.37. The molecule has 4 heteroatoms. The Balaban J connectivity index is 1.45. The molecule has 0 aliphatic heterocycles. The largest absolute Gasteiger partial charge is 0.307 e. The number of nitrogens with one attached hydrogen (secondary N) is 1. The zero-order valence-corrected chi connectivity index (χ0v) is 12.7. The van der Waals surface area contributed by atoms with Crippen LogP contribution >= 0.6 is 11.6 Å². The van der Waals surface area contributed by atoms with Gasteiger partial charge in [0.1, 0.15) is 0 Å². The Bertz CT molecular complexity index is 625. The van der Waals surface area contributed by atoms with Gasteiger partial charge in [0.05, 0.1) is 22.8 Å². The van der Waals surface area contributed by atoms with Gasteiger partial charge in [0, 0.05) is 24.2 Å². The molecular formula is C17H19ClN2O. The summed E-state index contributed by atoms with van der Waals surface area (Å²) in [7, 11) is 0. The highest BCUT2D eigenvalue weighted by Gasteiger charge is 2.39. The van der Waals surface area contributed by atoms with E-state index in [1.54, 1.807) is 6.20 Å². The van der Waals surface area contributed by atoms with Gasteiger partial charge >= 0.3 is 0 Å². The molecule has 110 valence electrons.